The number of nitrogens with one attached hydrogen (secondary N) is 1. The quantitative estimate of drug-likeness (QED) is 0.492. The van der Waals surface area contributed by atoms with Crippen molar-refractivity contribution in [2.75, 3.05) is 11.9 Å². The molecule has 0 radical (unpaired) electrons. The highest BCUT2D eigenvalue weighted by Crippen LogP contribution is 2.12. The molecule has 0 unspecified atom stereocenters. The number of benzene rings is 1. The van der Waals surface area contributed by atoms with Crippen LogP contribution in [0.4, 0.5) is 5.95 Å². The number of anilines is 1. The van der Waals surface area contributed by atoms with Crippen LogP contribution >= 0.6 is 22.6 Å². The molecule has 19 heavy (non-hydrogen) atoms. The SMILES string of the molecule is CN(Cc1cccc(C(=N)N)c1)c1ncc(I)cn1. The van der Waals surface area contributed by atoms with Gasteiger partial charge in [0.1, 0.15) is 5.84 Å². The van der Waals surface area contributed by atoms with Crippen LogP contribution < -0.4 is 10.6 Å². The second-order valence-electron chi connectivity index (χ2n) is 4.17. The number of hydrogen-bond donors (Lipinski definition) is 2. The van der Waals surface area contributed by atoms with Gasteiger partial charge in [-0.15, -0.1) is 0 Å². The first-order valence-electron chi connectivity index (χ1n) is 5.68. The van der Waals surface area contributed by atoms with Crippen LogP contribution in [0.15, 0.2) is 36.7 Å². The van der Waals surface area contributed by atoms with Gasteiger partial charge >= 0.3 is 0 Å². The normalized spacial score (nSPS) is 10.2. The molecule has 0 saturated carbocycles. The third-order valence-electron chi connectivity index (χ3n) is 2.61. The summed E-state index contributed by atoms with van der Waals surface area (Å²) < 4.78 is 1.01. The Hall–Kier alpha value is -1.70. The maximum absolute atomic E-state index is 7.44. The van der Waals surface area contributed by atoms with E-state index in [1.54, 1.807) is 12.4 Å². The van der Waals surface area contributed by atoms with Crippen LogP contribution in [0.5, 0.6) is 0 Å². The number of hydrogen-bond acceptors (Lipinski definition) is 4. The number of rotatable bonds is 4. The molecule has 0 atom stereocenters. The van der Waals surface area contributed by atoms with Crippen LogP contribution in [0.2, 0.25) is 0 Å². The van der Waals surface area contributed by atoms with Crippen LogP contribution in [0.3, 0.4) is 0 Å². The van der Waals surface area contributed by atoms with Gasteiger partial charge < -0.3 is 10.6 Å². The number of halogens is 1. The van der Waals surface area contributed by atoms with Gasteiger partial charge in [-0.3, -0.25) is 5.41 Å². The smallest absolute Gasteiger partial charge is 0.225 e. The van der Waals surface area contributed by atoms with Gasteiger partial charge in [-0.05, 0) is 34.2 Å². The van der Waals surface area contributed by atoms with Crippen molar-refractivity contribution >= 4 is 34.4 Å². The van der Waals surface area contributed by atoms with E-state index in [1.807, 2.05) is 36.2 Å². The molecule has 1 aromatic carbocycles. The lowest BCUT2D eigenvalue weighted by molar-refractivity contribution is 0.864. The minimum absolute atomic E-state index is 0.0787. The monoisotopic (exact) mass is 367 g/mol. The first kappa shape index (κ1) is 13.7. The molecule has 0 aliphatic rings. The zero-order chi connectivity index (χ0) is 13.8. The van der Waals surface area contributed by atoms with Crippen LogP contribution in [0.1, 0.15) is 11.1 Å². The molecular formula is C13H14IN5. The first-order chi connectivity index (χ1) is 9.06. The summed E-state index contributed by atoms with van der Waals surface area (Å²) in [5.41, 5.74) is 7.28. The second kappa shape index (κ2) is 5.96. The van der Waals surface area contributed by atoms with E-state index < -0.39 is 0 Å². The zero-order valence-electron chi connectivity index (χ0n) is 10.5. The summed E-state index contributed by atoms with van der Waals surface area (Å²) in [6.45, 7) is 0.668. The van der Waals surface area contributed by atoms with Gasteiger partial charge in [0.05, 0.1) is 0 Å². The van der Waals surface area contributed by atoms with E-state index in [1.165, 1.54) is 0 Å². The molecule has 0 aliphatic carbocycles. The van der Waals surface area contributed by atoms with Crippen molar-refractivity contribution in [3.63, 3.8) is 0 Å². The lowest BCUT2D eigenvalue weighted by Gasteiger charge is -2.17. The van der Waals surface area contributed by atoms with E-state index in [9.17, 15) is 0 Å². The highest BCUT2D eigenvalue weighted by molar-refractivity contribution is 14.1. The molecule has 1 aromatic heterocycles. The number of aromatic nitrogens is 2. The largest absolute Gasteiger partial charge is 0.384 e. The van der Waals surface area contributed by atoms with E-state index in [4.69, 9.17) is 11.1 Å². The zero-order valence-corrected chi connectivity index (χ0v) is 12.6. The van der Waals surface area contributed by atoms with Gasteiger partial charge in [0.2, 0.25) is 5.95 Å². The Bertz CT molecular complexity index is 582. The van der Waals surface area contributed by atoms with Crippen molar-refractivity contribution < 1.29 is 0 Å². The van der Waals surface area contributed by atoms with E-state index in [0.717, 1.165) is 14.7 Å². The fourth-order valence-electron chi connectivity index (χ4n) is 1.68. The van der Waals surface area contributed by atoms with E-state index in [2.05, 4.69) is 32.6 Å². The number of nitrogens with two attached hydrogens (primary N) is 1. The average Bonchev–Trinajstić information content (AvgIpc) is 2.39. The van der Waals surface area contributed by atoms with Crippen molar-refractivity contribution in [3.05, 3.63) is 51.4 Å². The lowest BCUT2D eigenvalue weighted by Crippen LogP contribution is -2.19. The Balaban J connectivity index is 2.14. The summed E-state index contributed by atoms with van der Waals surface area (Å²) in [5, 5.41) is 7.44. The summed E-state index contributed by atoms with van der Waals surface area (Å²) in [7, 11) is 1.93. The maximum Gasteiger partial charge on any atom is 0.225 e. The summed E-state index contributed by atoms with van der Waals surface area (Å²) >= 11 is 2.17. The van der Waals surface area contributed by atoms with Gasteiger partial charge in [0, 0.05) is 35.1 Å². The summed E-state index contributed by atoms with van der Waals surface area (Å²) in [6.07, 6.45) is 3.57. The van der Waals surface area contributed by atoms with E-state index in [0.29, 0.717) is 12.5 Å². The molecule has 0 bridgehead atoms. The van der Waals surface area contributed by atoms with Gasteiger partial charge in [-0.25, -0.2) is 9.97 Å². The Morgan fingerprint density at radius 2 is 2.05 bits per heavy atom. The van der Waals surface area contributed by atoms with Crippen LogP contribution in [-0.4, -0.2) is 22.9 Å². The fraction of sp³-hybridized carbons (Fsp3) is 0.154. The summed E-state index contributed by atoms with van der Waals surface area (Å²) in [4.78, 5) is 10.5. The molecule has 0 spiro atoms. The molecule has 0 fully saturated rings. The third-order valence-corrected chi connectivity index (χ3v) is 3.16. The molecule has 0 aliphatic heterocycles. The summed E-state index contributed by atoms with van der Waals surface area (Å²) in [5.74, 6) is 0.753. The average molecular weight is 367 g/mol. The van der Waals surface area contributed by atoms with E-state index >= 15 is 0 Å². The second-order valence-corrected chi connectivity index (χ2v) is 5.42. The van der Waals surface area contributed by atoms with Crippen molar-refractivity contribution in [2.24, 2.45) is 5.73 Å². The number of amidine groups is 1. The predicted molar refractivity (Wildman–Crippen MR) is 84.3 cm³/mol. The summed E-state index contributed by atoms with van der Waals surface area (Å²) in [6, 6.07) is 7.63. The van der Waals surface area contributed by atoms with Crippen LogP contribution in [0.25, 0.3) is 0 Å². The highest BCUT2D eigenvalue weighted by atomic mass is 127. The third kappa shape index (κ3) is 3.63. The Labute approximate surface area is 125 Å². The van der Waals surface area contributed by atoms with Crippen molar-refractivity contribution in [3.8, 4) is 0 Å². The molecule has 0 saturated heterocycles. The molecule has 1 heterocycles. The Kier molecular flexibility index (Phi) is 4.31. The maximum atomic E-state index is 7.44. The van der Waals surface area contributed by atoms with Gasteiger partial charge in [0.25, 0.3) is 0 Å². The van der Waals surface area contributed by atoms with Crippen molar-refractivity contribution in [2.45, 2.75) is 6.54 Å². The van der Waals surface area contributed by atoms with Crippen molar-refractivity contribution in [1.29, 1.82) is 5.41 Å². The van der Waals surface area contributed by atoms with Gasteiger partial charge in [-0.1, -0.05) is 18.2 Å². The van der Waals surface area contributed by atoms with Gasteiger partial charge in [-0.2, -0.15) is 0 Å². The van der Waals surface area contributed by atoms with Crippen LogP contribution in [-0.2, 0) is 6.54 Å². The Morgan fingerprint density at radius 3 is 2.68 bits per heavy atom. The molecule has 2 aromatic rings. The predicted octanol–water partition coefficient (Wildman–Crippen LogP) is 2.00. The number of nitrogen functional groups attached to an aromatic ring is 1. The number of nitrogens with zero attached hydrogens (tertiary/aromatic N) is 3. The molecule has 0 amide bonds. The fourth-order valence-corrected chi connectivity index (χ4v) is 1.96. The van der Waals surface area contributed by atoms with Gasteiger partial charge in [0.15, 0.2) is 0 Å². The van der Waals surface area contributed by atoms with E-state index in [-0.39, 0.29) is 5.84 Å². The molecule has 5 nitrogen and oxygen atoms in total. The highest BCUT2D eigenvalue weighted by Gasteiger charge is 2.06. The first-order valence-corrected chi connectivity index (χ1v) is 6.76. The minimum atomic E-state index is 0.0787. The molecule has 2 rings (SSSR count). The molecular weight excluding hydrogens is 353 g/mol. The molecule has 3 N–H and O–H groups in total. The lowest BCUT2D eigenvalue weighted by atomic mass is 10.1. The minimum Gasteiger partial charge on any atom is -0.384 e. The Morgan fingerprint density at radius 1 is 1.37 bits per heavy atom. The standard InChI is InChI=1S/C13H14IN5/c1-19(13-17-6-11(14)7-18-13)8-9-3-2-4-10(5-9)12(15)16/h2-7H,8H2,1H3,(H3,15,16). The molecule has 6 heteroatoms. The van der Waals surface area contributed by atoms with Crippen molar-refractivity contribution in [1.82, 2.24) is 9.97 Å². The van der Waals surface area contributed by atoms with Crippen LogP contribution in [0, 0.1) is 8.98 Å². The molecule has 98 valence electrons. The topological polar surface area (TPSA) is 78.9 Å².